The van der Waals surface area contributed by atoms with Crippen molar-refractivity contribution < 1.29 is 15.1 Å². The molecule has 0 fully saturated rings. The van der Waals surface area contributed by atoms with Crippen LogP contribution in [0.3, 0.4) is 0 Å². The van der Waals surface area contributed by atoms with Gasteiger partial charge in [-0.3, -0.25) is 4.98 Å². The Balaban J connectivity index is 0.000000472. The molecule has 0 saturated carbocycles. The molecule has 0 radical (unpaired) electrons. The highest BCUT2D eigenvalue weighted by atomic mass is 16.5. The summed E-state index contributed by atoms with van der Waals surface area (Å²) in [6.07, 6.45) is 4.19. The second kappa shape index (κ2) is 8.41. The van der Waals surface area contributed by atoms with Gasteiger partial charge < -0.3 is 15.1 Å². The Morgan fingerprint density at radius 2 is 1.41 bits per heavy atom. The van der Waals surface area contributed by atoms with Crippen molar-refractivity contribution in [3.63, 3.8) is 0 Å². The molecule has 5 rings (SSSR count). The van der Waals surface area contributed by atoms with Gasteiger partial charge in [0, 0.05) is 12.1 Å². The molecule has 4 nitrogen and oxygen atoms in total. The quantitative estimate of drug-likeness (QED) is 0.461. The van der Waals surface area contributed by atoms with Gasteiger partial charge in [-0.25, -0.2) is 0 Å². The molecule has 3 N–H and O–H groups in total. The highest BCUT2D eigenvalue weighted by Crippen LogP contribution is 2.45. The molecular formula is C24H20BNO3. The summed E-state index contributed by atoms with van der Waals surface area (Å²) in [4.78, 5) is 4.65. The van der Waals surface area contributed by atoms with E-state index in [1.165, 1.54) is 33.0 Å². The Hall–Kier alpha value is -3.25. The van der Waals surface area contributed by atoms with E-state index in [0.717, 1.165) is 5.69 Å². The molecule has 0 bridgehead atoms. The highest BCUT2D eigenvalue weighted by molar-refractivity contribution is 6.30. The van der Waals surface area contributed by atoms with Crippen LogP contribution >= 0.6 is 0 Å². The van der Waals surface area contributed by atoms with E-state index in [4.69, 9.17) is 15.1 Å². The fourth-order valence-corrected chi connectivity index (χ4v) is 3.94. The maximum absolute atomic E-state index is 7.17. The molecule has 142 valence electrons. The van der Waals surface area contributed by atoms with Gasteiger partial charge in [-0.05, 0) is 51.2 Å². The number of nitrogens with zero attached hydrogens (tertiary/aromatic N) is 1. The van der Waals surface area contributed by atoms with Crippen LogP contribution in [0.25, 0.3) is 22.4 Å². The minimum atomic E-state index is -2.17. The molecular weight excluding hydrogens is 361 g/mol. The normalized spacial score (nSPS) is 14.6. The van der Waals surface area contributed by atoms with Crippen molar-refractivity contribution in [2.24, 2.45) is 0 Å². The molecule has 0 saturated heterocycles. The second-order valence-corrected chi connectivity index (χ2v) is 6.80. The third-order valence-electron chi connectivity index (χ3n) is 5.00. The summed E-state index contributed by atoms with van der Waals surface area (Å²) in [6.45, 7) is 0. The van der Waals surface area contributed by atoms with Crippen molar-refractivity contribution in [3.8, 4) is 0 Å². The Labute approximate surface area is 169 Å². The summed E-state index contributed by atoms with van der Waals surface area (Å²) < 4.78 is 0. The molecule has 1 aromatic heterocycles. The first-order chi connectivity index (χ1) is 14.1. The highest BCUT2D eigenvalue weighted by Gasteiger charge is 2.27. The van der Waals surface area contributed by atoms with Crippen molar-refractivity contribution >= 4 is 29.7 Å². The zero-order valence-corrected chi connectivity index (χ0v) is 15.7. The smallest absolute Gasteiger partial charge is 0.402 e. The molecule has 1 aliphatic rings. The monoisotopic (exact) mass is 381 g/mol. The van der Waals surface area contributed by atoms with Gasteiger partial charge in [0.2, 0.25) is 0 Å². The van der Waals surface area contributed by atoms with Crippen LogP contribution in [0.15, 0.2) is 91.1 Å². The SMILES string of the molecule is C1=C(c2ccccn2)C(c2ccccc2)c2cccc3cccc1c23.OB(O)O. The summed E-state index contributed by atoms with van der Waals surface area (Å²) in [5.74, 6) is 0.203. The number of rotatable bonds is 2. The third kappa shape index (κ3) is 3.98. The largest absolute Gasteiger partial charge is 0.631 e. The first kappa shape index (κ1) is 19.1. The molecule has 1 heterocycles. The van der Waals surface area contributed by atoms with Gasteiger partial charge in [0.05, 0.1) is 5.69 Å². The fraction of sp³-hybridized carbons (Fsp3) is 0.0417. The molecule has 3 aromatic carbocycles. The number of hydrogen-bond donors (Lipinski definition) is 3. The maximum Gasteiger partial charge on any atom is 0.631 e. The van der Waals surface area contributed by atoms with E-state index in [2.05, 4.69) is 89.9 Å². The summed E-state index contributed by atoms with van der Waals surface area (Å²) in [7, 11) is -2.17. The molecule has 1 aliphatic carbocycles. The van der Waals surface area contributed by atoms with E-state index in [9.17, 15) is 0 Å². The zero-order valence-electron chi connectivity index (χ0n) is 15.7. The molecule has 4 aromatic rings. The van der Waals surface area contributed by atoms with Gasteiger partial charge in [-0.2, -0.15) is 0 Å². The van der Waals surface area contributed by atoms with Crippen LogP contribution in [-0.2, 0) is 0 Å². The maximum atomic E-state index is 7.17. The first-order valence-corrected chi connectivity index (χ1v) is 9.39. The van der Waals surface area contributed by atoms with Crippen molar-refractivity contribution in [1.82, 2.24) is 4.98 Å². The summed E-state index contributed by atoms with van der Waals surface area (Å²) in [6, 6.07) is 30.0. The minimum Gasteiger partial charge on any atom is -0.402 e. The van der Waals surface area contributed by atoms with Crippen LogP contribution in [0.5, 0.6) is 0 Å². The minimum absolute atomic E-state index is 0.203. The number of aromatic nitrogens is 1. The van der Waals surface area contributed by atoms with E-state index in [1.807, 2.05) is 12.3 Å². The van der Waals surface area contributed by atoms with Crippen LogP contribution in [0.1, 0.15) is 28.3 Å². The molecule has 5 heteroatoms. The predicted molar refractivity (Wildman–Crippen MR) is 117 cm³/mol. The Bertz CT molecular complexity index is 1140. The topological polar surface area (TPSA) is 73.6 Å². The van der Waals surface area contributed by atoms with E-state index in [-0.39, 0.29) is 5.92 Å². The lowest BCUT2D eigenvalue weighted by molar-refractivity contribution is 0.278. The van der Waals surface area contributed by atoms with Crippen molar-refractivity contribution in [2.45, 2.75) is 5.92 Å². The first-order valence-electron chi connectivity index (χ1n) is 9.39. The Morgan fingerprint density at radius 3 is 2.10 bits per heavy atom. The number of pyridine rings is 1. The third-order valence-corrected chi connectivity index (χ3v) is 5.00. The molecule has 1 atom stereocenters. The van der Waals surface area contributed by atoms with E-state index in [1.54, 1.807) is 0 Å². The number of allylic oxidation sites excluding steroid dienone is 1. The van der Waals surface area contributed by atoms with Crippen LogP contribution < -0.4 is 0 Å². The number of benzene rings is 3. The number of hydrogen-bond acceptors (Lipinski definition) is 4. The predicted octanol–water partition coefficient (Wildman–Crippen LogP) is 3.87. The van der Waals surface area contributed by atoms with Crippen LogP contribution in [-0.4, -0.2) is 27.4 Å². The van der Waals surface area contributed by atoms with Gasteiger partial charge >= 0.3 is 7.32 Å². The van der Waals surface area contributed by atoms with Gasteiger partial charge in [-0.1, -0.05) is 72.8 Å². The fourth-order valence-electron chi connectivity index (χ4n) is 3.94. The van der Waals surface area contributed by atoms with E-state index in [0.29, 0.717) is 0 Å². The Morgan fingerprint density at radius 1 is 0.724 bits per heavy atom. The lowest BCUT2D eigenvalue weighted by Gasteiger charge is -2.27. The van der Waals surface area contributed by atoms with Crippen LogP contribution in [0, 0.1) is 0 Å². The molecule has 1 unspecified atom stereocenters. The Kier molecular flexibility index (Phi) is 5.54. The zero-order chi connectivity index (χ0) is 20.2. The lowest BCUT2D eigenvalue weighted by atomic mass is 9.76. The lowest BCUT2D eigenvalue weighted by Crippen LogP contribution is -2.10. The van der Waals surface area contributed by atoms with Crippen molar-refractivity contribution in [1.29, 1.82) is 0 Å². The van der Waals surface area contributed by atoms with Gasteiger partial charge in [0.15, 0.2) is 0 Å². The van der Waals surface area contributed by atoms with Crippen LogP contribution in [0.4, 0.5) is 0 Å². The molecule has 29 heavy (non-hydrogen) atoms. The van der Waals surface area contributed by atoms with E-state index < -0.39 is 7.32 Å². The average Bonchev–Trinajstić information content (AvgIpc) is 2.75. The molecule has 0 spiro atoms. The molecule has 0 amide bonds. The summed E-state index contributed by atoms with van der Waals surface area (Å²) in [5.41, 5.74) is 6.26. The van der Waals surface area contributed by atoms with Gasteiger partial charge in [-0.15, -0.1) is 0 Å². The van der Waals surface area contributed by atoms with E-state index >= 15 is 0 Å². The van der Waals surface area contributed by atoms with Gasteiger partial charge in [0.1, 0.15) is 0 Å². The molecule has 0 aliphatic heterocycles. The average molecular weight is 381 g/mol. The van der Waals surface area contributed by atoms with Crippen molar-refractivity contribution in [3.05, 3.63) is 114 Å². The summed E-state index contributed by atoms with van der Waals surface area (Å²) in [5, 5.41) is 24.2. The van der Waals surface area contributed by atoms with Crippen molar-refractivity contribution in [2.75, 3.05) is 0 Å². The van der Waals surface area contributed by atoms with Gasteiger partial charge in [0.25, 0.3) is 0 Å². The second-order valence-electron chi connectivity index (χ2n) is 6.80. The standard InChI is InChI=1S/C24H17N.BH3O3/c1-2-8-18(9-3-1)24-20-13-7-11-17-10-6-12-19(23(17)20)16-21(24)22-14-4-5-15-25-22;2-1(3)4/h1-16,24H;2-4H. The van der Waals surface area contributed by atoms with Crippen LogP contribution in [0.2, 0.25) is 0 Å². The summed E-state index contributed by atoms with van der Waals surface area (Å²) >= 11 is 0.